The van der Waals surface area contributed by atoms with Crippen LogP contribution in [0, 0.1) is 0 Å². The van der Waals surface area contributed by atoms with Crippen molar-refractivity contribution in [1.29, 1.82) is 0 Å². The highest BCUT2D eigenvalue weighted by molar-refractivity contribution is 5.72. The van der Waals surface area contributed by atoms with E-state index >= 15 is 0 Å². The largest absolute Gasteiger partial charge is 0.479 e. The van der Waals surface area contributed by atoms with E-state index in [4.69, 9.17) is 9.84 Å². The number of aliphatic carboxylic acids is 1. The quantitative estimate of drug-likeness (QED) is 0.840. The molecule has 1 aliphatic rings. The third-order valence-corrected chi connectivity index (χ3v) is 2.97. The van der Waals surface area contributed by atoms with E-state index in [0.29, 0.717) is 13.2 Å². The SMILES string of the molecule is CCOC(CN1Cc2ccccc2C1)C(=O)O. The molecular weight excluding hydrogens is 218 g/mol. The molecule has 92 valence electrons. The van der Waals surface area contributed by atoms with Crippen LogP contribution < -0.4 is 0 Å². The first kappa shape index (κ1) is 12.1. The number of carboxylic acid groups (broad SMARTS) is 1. The highest BCUT2D eigenvalue weighted by atomic mass is 16.5. The topological polar surface area (TPSA) is 49.8 Å². The summed E-state index contributed by atoms with van der Waals surface area (Å²) in [4.78, 5) is 13.1. The van der Waals surface area contributed by atoms with E-state index in [1.807, 2.05) is 19.1 Å². The van der Waals surface area contributed by atoms with Gasteiger partial charge in [0.05, 0.1) is 0 Å². The molecule has 4 nitrogen and oxygen atoms in total. The van der Waals surface area contributed by atoms with Gasteiger partial charge in [0.25, 0.3) is 0 Å². The van der Waals surface area contributed by atoms with Gasteiger partial charge in [-0.15, -0.1) is 0 Å². The van der Waals surface area contributed by atoms with Gasteiger partial charge in [0, 0.05) is 26.2 Å². The van der Waals surface area contributed by atoms with E-state index in [1.54, 1.807) is 0 Å². The molecule has 0 amide bonds. The van der Waals surface area contributed by atoms with Crippen LogP contribution in [0.1, 0.15) is 18.1 Å². The molecule has 0 saturated heterocycles. The maximum atomic E-state index is 11.0. The van der Waals surface area contributed by atoms with E-state index in [-0.39, 0.29) is 0 Å². The molecule has 0 saturated carbocycles. The number of hydrogen-bond donors (Lipinski definition) is 1. The van der Waals surface area contributed by atoms with Crippen LogP contribution in [0.15, 0.2) is 24.3 Å². The molecular formula is C13H17NO3. The summed E-state index contributed by atoms with van der Waals surface area (Å²) in [6.07, 6.45) is -0.727. The van der Waals surface area contributed by atoms with E-state index in [2.05, 4.69) is 17.0 Å². The fourth-order valence-electron chi connectivity index (χ4n) is 2.17. The summed E-state index contributed by atoms with van der Waals surface area (Å²) in [5.74, 6) is -0.886. The van der Waals surface area contributed by atoms with Crippen LogP contribution in [-0.2, 0) is 22.6 Å². The molecule has 0 bridgehead atoms. The second kappa shape index (κ2) is 5.29. The van der Waals surface area contributed by atoms with Gasteiger partial charge >= 0.3 is 5.97 Å². The molecule has 1 aliphatic heterocycles. The Bertz CT molecular complexity index is 380. The average Bonchev–Trinajstić information content (AvgIpc) is 2.70. The molecule has 0 radical (unpaired) electrons. The monoisotopic (exact) mass is 235 g/mol. The molecule has 0 aromatic heterocycles. The first-order chi connectivity index (χ1) is 8.20. The number of rotatable bonds is 5. The zero-order valence-electron chi connectivity index (χ0n) is 9.93. The summed E-state index contributed by atoms with van der Waals surface area (Å²) >= 11 is 0. The molecule has 1 unspecified atom stereocenters. The van der Waals surface area contributed by atoms with E-state index in [9.17, 15) is 4.79 Å². The number of ether oxygens (including phenoxy) is 1. The summed E-state index contributed by atoms with van der Waals surface area (Å²) in [5.41, 5.74) is 2.57. The van der Waals surface area contributed by atoms with Crippen molar-refractivity contribution in [3.8, 4) is 0 Å². The minimum Gasteiger partial charge on any atom is -0.479 e. The van der Waals surface area contributed by atoms with Gasteiger partial charge in [0.1, 0.15) is 0 Å². The van der Waals surface area contributed by atoms with Gasteiger partial charge in [0.2, 0.25) is 0 Å². The summed E-state index contributed by atoms with van der Waals surface area (Å²) < 4.78 is 5.22. The Kier molecular flexibility index (Phi) is 3.76. The number of fused-ring (bicyclic) bond motifs is 1. The lowest BCUT2D eigenvalue weighted by atomic mass is 10.1. The van der Waals surface area contributed by atoms with Crippen molar-refractivity contribution in [2.24, 2.45) is 0 Å². The van der Waals surface area contributed by atoms with Gasteiger partial charge < -0.3 is 9.84 Å². The van der Waals surface area contributed by atoms with Crippen molar-refractivity contribution in [1.82, 2.24) is 4.90 Å². The maximum absolute atomic E-state index is 11.0. The Balaban J connectivity index is 1.96. The summed E-state index contributed by atoms with van der Waals surface area (Å²) in [7, 11) is 0. The Morgan fingerprint density at radius 2 is 2.00 bits per heavy atom. The van der Waals surface area contributed by atoms with Gasteiger partial charge in [-0.2, -0.15) is 0 Å². The zero-order valence-corrected chi connectivity index (χ0v) is 9.93. The lowest BCUT2D eigenvalue weighted by molar-refractivity contribution is -0.151. The van der Waals surface area contributed by atoms with E-state index in [1.165, 1.54) is 11.1 Å². The highest BCUT2D eigenvalue weighted by Crippen LogP contribution is 2.22. The van der Waals surface area contributed by atoms with Crippen LogP contribution in [0.4, 0.5) is 0 Å². The molecule has 4 heteroatoms. The van der Waals surface area contributed by atoms with Crippen LogP contribution >= 0.6 is 0 Å². The van der Waals surface area contributed by atoms with Crippen molar-refractivity contribution in [2.45, 2.75) is 26.1 Å². The average molecular weight is 235 g/mol. The van der Waals surface area contributed by atoms with Crippen LogP contribution in [-0.4, -0.2) is 35.2 Å². The molecule has 1 aromatic rings. The van der Waals surface area contributed by atoms with E-state index < -0.39 is 12.1 Å². The van der Waals surface area contributed by atoms with Crippen LogP contribution in [0.5, 0.6) is 0 Å². The normalized spacial score (nSPS) is 16.8. The molecule has 1 N–H and O–H groups in total. The molecule has 1 atom stereocenters. The van der Waals surface area contributed by atoms with Crippen molar-refractivity contribution in [3.63, 3.8) is 0 Å². The first-order valence-electron chi connectivity index (χ1n) is 5.84. The number of benzene rings is 1. The van der Waals surface area contributed by atoms with Gasteiger partial charge in [-0.1, -0.05) is 24.3 Å². The summed E-state index contributed by atoms with van der Waals surface area (Å²) in [6.45, 7) is 4.31. The number of hydrogen-bond acceptors (Lipinski definition) is 3. The zero-order chi connectivity index (χ0) is 12.3. The van der Waals surface area contributed by atoms with Crippen molar-refractivity contribution >= 4 is 5.97 Å². The molecule has 0 spiro atoms. The van der Waals surface area contributed by atoms with Gasteiger partial charge in [0.15, 0.2) is 6.10 Å². The Morgan fingerprint density at radius 3 is 2.47 bits per heavy atom. The Labute approximate surface area is 101 Å². The first-order valence-corrected chi connectivity index (χ1v) is 5.84. The van der Waals surface area contributed by atoms with Crippen LogP contribution in [0.2, 0.25) is 0 Å². The lowest BCUT2D eigenvalue weighted by Gasteiger charge is -2.20. The number of carboxylic acids is 1. The third kappa shape index (κ3) is 2.84. The van der Waals surface area contributed by atoms with Crippen LogP contribution in [0.3, 0.4) is 0 Å². The summed E-state index contributed by atoms with van der Waals surface area (Å²) in [6, 6.07) is 8.21. The van der Waals surface area contributed by atoms with Crippen LogP contribution in [0.25, 0.3) is 0 Å². The van der Waals surface area contributed by atoms with Crippen molar-refractivity contribution in [3.05, 3.63) is 35.4 Å². The molecule has 1 heterocycles. The van der Waals surface area contributed by atoms with Gasteiger partial charge in [-0.3, -0.25) is 4.90 Å². The maximum Gasteiger partial charge on any atom is 0.334 e. The summed E-state index contributed by atoms with van der Waals surface area (Å²) in [5, 5.41) is 9.03. The fourth-order valence-corrected chi connectivity index (χ4v) is 2.17. The minimum atomic E-state index is -0.886. The molecule has 0 aliphatic carbocycles. The van der Waals surface area contributed by atoms with Crippen molar-refractivity contribution < 1.29 is 14.6 Å². The molecule has 0 fully saturated rings. The Morgan fingerprint density at radius 1 is 1.41 bits per heavy atom. The van der Waals surface area contributed by atoms with Gasteiger partial charge in [-0.05, 0) is 18.1 Å². The lowest BCUT2D eigenvalue weighted by Crippen LogP contribution is -2.36. The third-order valence-electron chi connectivity index (χ3n) is 2.97. The van der Waals surface area contributed by atoms with Gasteiger partial charge in [-0.25, -0.2) is 4.79 Å². The predicted octanol–water partition coefficient (Wildman–Crippen LogP) is 1.49. The minimum absolute atomic E-state index is 0.428. The molecule has 17 heavy (non-hydrogen) atoms. The molecule has 1 aromatic carbocycles. The standard InChI is InChI=1S/C13H17NO3/c1-2-17-12(13(15)16)9-14-7-10-5-3-4-6-11(10)8-14/h3-6,12H,2,7-9H2,1H3,(H,15,16). The number of carbonyl (C=O) groups is 1. The highest BCUT2D eigenvalue weighted by Gasteiger charge is 2.25. The predicted molar refractivity (Wildman–Crippen MR) is 63.6 cm³/mol. The van der Waals surface area contributed by atoms with Crippen molar-refractivity contribution in [2.75, 3.05) is 13.2 Å². The fraction of sp³-hybridized carbons (Fsp3) is 0.462. The second-order valence-electron chi connectivity index (χ2n) is 4.22. The Hall–Kier alpha value is -1.39. The number of nitrogens with zero attached hydrogens (tertiary/aromatic N) is 1. The smallest absolute Gasteiger partial charge is 0.334 e. The molecule has 2 rings (SSSR count). The second-order valence-corrected chi connectivity index (χ2v) is 4.22. The van der Waals surface area contributed by atoms with E-state index in [0.717, 1.165) is 13.1 Å².